The molecule has 17 heavy (non-hydrogen) atoms. The normalized spacial score (nSPS) is 12.6. The first-order valence-electron chi connectivity index (χ1n) is 5.91. The molecule has 1 atom stereocenters. The summed E-state index contributed by atoms with van der Waals surface area (Å²) in [7, 11) is 2.14. The molecule has 0 N–H and O–H groups in total. The number of hydrogen-bond acceptors (Lipinski definition) is 2. The highest BCUT2D eigenvalue weighted by Crippen LogP contribution is 2.19. The minimum Gasteiger partial charge on any atom is -0.295 e. The maximum Gasteiger partial charge on any atom is 0.0320 e. The van der Waals surface area contributed by atoms with Gasteiger partial charge in [0.1, 0.15) is 0 Å². The van der Waals surface area contributed by atoms with Crippen LogP contribution in [0.3, 0.4) is 0 Å². The topological polar surface area (TPSA) is 16.1 Å². The number of aromatic nitrogens is 1. The van der Waals surface area contributed by atoms with E-state index in [1.807, 2.05) is 18.5 Å². The predicted molar refractivity (Wildman–Crippen MR) is 70.6 cm³/mol. The molecule has 2 rings (SSSR count). The van der Waals surface area contributed by atoms with Gasteiger partial charge in [0.15, 0.2) is 0 Å². The fourth-order valence-electron chi connectivity index (χ4n) is 1.90. The van der Waals surface area contributed by atoms with Crippen molar-refractivity contribution in [2.24, 2.45) is 0 Å². The molecule has 0 aliphatic carbocycles. The molecule has 0 saturated heterocycles. The summed E-state index contributed by atoms with van der Waals surface area (Å²) in [6.07, 6.45) is 3.73. The van der Waals surface area contributed by atoms with E-state index in [9.17, 15) is 0 Å². The molecule has 0 saturated carbocycles. The first kappa shape index (κ1) is 11.8. The van der Waals surface area contributed by atoms with Gasteiger partial charge in [0.05, 0.1) is 0 Å². The van der Waals surface area contributed by atoms with Gasteiger partial charge in [-0.3, -0.25) is 9.88 Å². The average molecular weight is 226 g/mol. The third-order valence-corrected chi connectivity index (χ3v) is 3.10. The number of pyridine rings is 1. The zero-order chi connectivity index (χ0) is 12.1. The third-order valence-electron chi connectivity index (χ3n) is 3.10. The van der Waals surface area contributed by atoms with Crippen LogP contribution in [0.4, 0.5) is 0 Å². The maximum absolute atomic E-state index is 4.14. The first-order chi connectivity index (χ1) is 8.27. The molecule has 0 aliphatic rings. The lowest BCUT2D eigenvalue weighted by Crippen LogP contribution is -2.21. The van der Waals surface area contributed by atoms with Gasteiger partial charge in [-0.15, -0.1) is 0 Å². The summed E-state index contributed by atoms with van der Waals surface area (Å²) >= 11 is 0. The molecular weight excluding hydrogens is 208 g/mol. The van der Waals surface area contributed by atoms with Crippen LogP contribution in [0.25, 0.3) is 0 Å². The Kier molecular flexibility index (Phi) is 3.89. The lowest BCUT2D eigenvalue weighted by atomic mass is 10.1. The van der Waals surface area contributed by atoms with Gasteiger partial charge in [-0.1, -0.05) is 36.4 Å². The Labute approximate surface area is 103 Å². The maximum atomic E-state index is 4.14. The van der Waals surface area contributed by atoms with E-state index in [1.54, 1.807) is 0 Å². The molecule has 88 valence electrons. The fraction of sp³-hybridized carbons (Fsp3) is 0.267. The molecular formula is C15H18N2. The van der Waals surface area contributed by atoms with Crippen LogP contribution in [0.2, 0.25) is 0 Å². The van der Waals surface area contributed by atoms with Crippen molar-refractivity contribution in [2.75, 3.05) is 7.05 Å². The number of hydrogen-bond donors (Lipinski definition) is 0. The highest BCUT2D eigenvalue weighted by atomic mass is 15.1. The smallest absolute Gasteiger partial charge is 0.0320 e. The van der Waals surface area contributed by atoms with Crippen molar-refractivity contribution < 1.29 is 0 Å². The molecule has 0 radical (unpaired) electrons. The van der Waals surface area contributed by atoms with Crippen molar-refractivity contribution in [3.05, 3.63) is 66.0 Å². The van der Waals surface area contributed by atoms with E-state index < -0.39 is 0 Å². The second kappa shape index (κ2) is 5.60. The molecule has 1 heterocycles. The Morgan fingerprint density at radius 1 is 1.12 bits per heavy atom. The lowest BCUT2D eigenvalue weighted by molar-refractivity contribution is 0.253. The van der Waals surface area contributed by atoms with Crippen molar-refractivity contribution in [1.29, 1.82) is 0 Å². The van der Waals surface area contributed by atoms with Gasteiger partial charge < -0.3 is 0 Å². The van der Waals surface area contributed by atoms with Crippen LogP contribution in [-0.4, -0.2) is 16.9 Å². The molecule has 0 amide bonds. The van der Waals surface area contributed by atoms with Crippen molar-refractivity contribution in [1.82, 2.24) is 9.88 Å². The van der Waals surface area contributed by atoms with E-state index >= 15 is 0 Å². The van der Waals surface area contributed by atoms with Gasteiger partial charge in [-0.05, 0) is 31.2 Å². The summed E-state index contributed by atoms with van der Waals surface area (Å²) in [4.78, 5) is 6.47. The second-order valence-corrected chi connectivity index (χ2v) is 4.36. The first-order valence-corrected chi connectivity index (χ1v) is 5.91. The Bertz CT molecular complexity index is 439. The average Bonchev–Trinajstić information content (AvgIpc) is 2.40. The minimum atomic E-state index is 0.413. The molecule has 2 nitrogen and oxygen atoms in total. The van der Waals surface area contributed by atoms with E-state index in [4.69, 9.17) is 0 Å². The standard InChI is InChI=1S/C15H18N2/c1-13(15-8-4-3-5-9-15)17(2)12-14-7-6-10-16-11-14/h3-11,13H,12H2,1-2H3. The Morgan fingerprint density at radius 2 is 1.88 bits per heavy atom. The summed E-state index contributed by atoms with van der Waals surface area (Å²) in [5.74, 6) is 0. The van der Waals surface area contributed by atoms with Gasteiger partial charge >= 0.3 is 0 Å². The summed E-state index contributed by atoms with van der Waals surface area (Å²) < 4.78 is 0. The molecule has 1 aromatic heterocycles. The molecule has 0 spiro atoms. The van der Waals surface area contributed by atoms with Crippen LogP contribution < -0.4 is 0 Å². The summed E-state index contributed by atoms with van der Waals surface area (Å²) in [5, 5.41) is 0. The SMILES string of the molecule is CC(c1ccccc1)N(C)Cc1cccnc1. The van der Waals surface area contributed by atoms with E-state index in [0.717, 1.165) is 6.54 Å². The third kappa shape index (κ3) is 3.14. The number of rotatable bonds is 4. The van der Waals surface area contributed by atoms with Gasteiger partial charge in [0.2, 0.25) is 0 Å². The number of benzene rings is 1. The quantitative estimate of drug-likeness (QED) is 0.795. The predicted octanol–water partition coefficient (Wildman–Crippen LogP) is 3.27. The van der Waals surface area contributed by atoms with Crippen molar-refractivity contribution in [2.45, 2.75) is 19.5 Å². The van der Waals surface area contributed by atoms with Gasteiger partial charge in [-0.25, -0.2) is 0 Å². The monoisotopic (exact) mass is 226 g/mol. The van der Waals surface area contributed by atoms with Crippen molar-refractivity contribution in [3.63, 3.8) is 0 Å². The molecule has 0 bridgehead atoms. The zero-order valence-electron chi connectivity index (χ0n) is 10.4. The lowest BCUT2D eigenvalue weighted by Gasteiger charge is -2.25. The van der Waals surface area contributed by atoms with E-state index in [1.165, 1.54) is 11.1 Å². The van der Waals surface area contributed by atoms with Crippen molar-refractivity contribution >= 4 is 0 Å². The van der Waals surface area contributed by atoms with Crippen LogP contribution in [0, 0.1) is 0 Å². The highest BCUT2D eigenvalue weighted by molar-refractivity contribution is 5.18. The molecule has 0 fully saturated rings. The molecule has 2 aromatic rings. The molecule has 1 unspecified atom stereocenters. The molecule has 1 aromatic carbocycles. The van der Waals surface area contributed by atoms with E-state index in [-0.39, 0.29) is 0 Å². The Morgan fingerprint density at radius 3 is 2.53 bits per heavy atom. The minimum absolute atomic E-state index is 0.413. The largest absolute Gasteiger partial charge is 0.295 e. The summed E-state index contributed by atoms with van der Waals surface area (Å²) in [6.45, 7) is 3.15. The Hall–Kier alpha value is -1.67. The van der Waals surface area contributed by atoms with Gasteiger partial charge in [-0.2, -0.15) is 0 Å². The van der Waals surface area contributed by atoms with Gasteiger partial charge in [0.25, 0.3) is 0 Å². The van der Waals surface area contributed by atoms with Crippen LogP contribution in [0.5, 0.6) is 0 Å². The highest BCUT2D eigenvalue weighted by Gasteiger charge is 2.11. The van der Waals surface area contributed by atoms with Crippen LogP contribution in [0.15, 0.2) is 54.9 Å². The molecule has 2 heteroatoms. The molecule has 0 aliphatic heterocycles. The van der Waals surface area contributed by atoms with Crippen LogP contribution in [-0.2, 0) is 6.54 Å². The van der Waals surface area contributed by atoms with Crippen LogP contribution >= 0.6 is 0 Å². The number of nitrogens with zero attached hydrogens (tertiary/aromatic N) is 2. The zero-order valence-corrected chi connectivity index (χ0v) is 10.4. The van der Waals surface area contributed by atoms with Gasteiger partial charge in [0, 0.05) is 25.0 Å². The van der Waals surface area contributed by atoms with E-state index in [2.05, 4.69) is 60.3 Å². The fourth-order valence-corrected chi connectivity index (χ4v) is 1.90. The summed E-state index contributed by atoms with van der Waals surface area (Å²) in [6, 6.07) is 15.1. The Balaban J connectivity index is 2.03. The van der Waals surface area contributed by atoms with E-state index in [0.29, 0.717) is 6.04 Å². The second-order valence-electron chi connectivity index (χ2n) is 4.36. The van der Waals surface area contributed by atoms with Crippen molar-refractivity contribution in [3.8, 4) is 0 Å². The summed E-state index contributed by atoms with van der Waals surface area (Å²) in [5.41, 5.74) is 2.59. The van der Waals surface area contributed by atoms with Crippen LogP contribution in [0.1, 0.15) is 24.1 Å².